The van der Waals surface area contributed by atoms with Crippen LogP contribution in [0.25, 0.3) is 0 Å². The molecule has 208 valence electrons. The standard InChI is InChI=1S/C25H27ClN4O8S/c1-39(36,37)12-9-20(28-21(31)15-3-6-17(7-4-15)27-23(33)34)22(32)30-11-2-10-25(14-30)18-13-16(26)5-8-19(18)29-24(35)38-25/h3-8,13,20,27H,2,9-12,14H2,1H3,(H,28,31)(H,29,35)(H,33,34)/t20-,25-/m0/s1. The molecule has 4 N–H and O–H groups in total. The Hall–Kier alpha value is -3.84. The maximum Gasteiger partial charge on any atom is 0.412 e. The number of nitrogens with zero attached hydrogens (tertiary/aromatic N) is 1. The number of nitrogens with one attached hydrogen (secondary N) is 3. The summed E-state index contributed by atoms with van der Waals surface area (Å²) in [7, 11) is -3.46. The van der Waals surface area contributed by atoms with E-state index in [1.54, 1.807) is 18.2 Å². The van der Waals surface area contributed by atoms with Crippen LogP contribution in [0.3, 0.4) is 0 Å². The molecule has 2 aliphatic heterocycles. The molecule has 1 spiro atoms. The number of benzene rings is 2. The number of hydrogen-bond donors (Lipinski definition) is 4. The largest absolute Gasteiger partial charge is 0.465 e. The minimum absolute atomic E-state index is 0.00655. The van der Waals surface area contributed by atoms with Gasteiger partial charge in [-0.25, -0.2) is 18.0 Å². The van der Waals surface area contributed by atoms with Gasteiger partial charge in [0.25, 0.3) is 5.91 Å². The summed E-state index contributed by atoms with van der Waals surface area (Å²) in [5.74, 6) is -1.50. The lowest BCUT2D eigenvalue weighted by Gasteiger charge is -2.45. The normalized spacial score (nSPS) is 19.3. The highest BCUT2D eigenvalue weighted by atomic mass is 35.5. The van der Waals surface area contributed by atoms with Gasteiger partial charge in [-0.3, -0.25) is 20.2 Å². The average Bonchev–Trinajstić information content (AvgIpc) is 2.86. The number of fused-ring (bicyclic) bond motifs is 2. The van der Waals surface area contributed by atoms with Crippen molar-refractivity contribution in [1.82, 2.24) is 10.2 Å². The molecule has 0 unspecified atom stereocenters. The van der Waals surface area contributed by atoms with Crippen LogP contribution in [0.2, 0.25) is 5.02 Å². The van der Waals surface area contributed by atoms with Crippen molar-refractivity contribution in [2.45, 2.75) is 30.9 Å². The Labute approximate surface area is 229 Å². The zero-order valence-electron chi connectivity index (χ0n) is 20.9. The number of likely N-dealkylation sites (tertiary alicyclic amines) is 1. The Bertz CT molecular complexity index is 1420. The number of rotatable bonds is 7. The van der Waals surface area contributed by atoms with E-state index >= 15 is 0 Å². The average molecular weight is 579 g/mol. The number of carboxylic acid groups (broad SMARTS) is 1. The zero-order chi connectivity index (χ0) is 28.4. The first kappa shape index (κ1) is 28.2. The molecule has 2 heterocycles. The molecule has 1 fully saturated rings. The van der Waals surface area contributed by atoms with Gasteiger partial charge in [0.2, 0.25) is 5.91 Å². The fraction of sp³-hybridized carbons (Fsp3) is 0.360. The first-order valence-electron chi connectivity index (χ1n) is 12.0. The molecule has 4 amide bonds. The number of hydrogen-bond acceptors (Lipinski definition) is 7. The maximum absolute atomic E-state index is 13.7. The minimum Gasteiger partial charge on any atom is -0.465 e. The summed E-state index contributed by atoms with van der Waals surface area (Å²) in [4.78, 5) is 51.3. The summed E-state index contributed by atoms with van der Waals surface area (Å²) in [6.45, 7) is 0.301. The zero-order valence-corrected chi connectivity index (χ0v) is 22.5. The van der Waals surface area contributed by atoms with E-state index in [4.69, 9.17) is 21.4 Å². The van der Waals surface area contributed by atoms with Crippen molar-refractivity contribution in [2.75, 3.05) is 35.7 Å². The number of sulfone groups is 1. The molecule has 0 radical (unpaired) electrons. The van der Waals surface area contributed by atoms with E-state index in [1.807, 2.05) is 0 Å². The molecular weight excluding hydrogens is 552 g/mol. The monoisotopic (exact) mass is 578 g/mol. The second-order valence-corrected chi connectivity index (χ2v) is 12.2. The number of piperidine rings is 1. The second-order valence-electron chi connectivity index (χ2n) is 9.51. The summed E-state index contributed by atoms with van der Waals surface area (Å²) in [6.07, 6.45) is -0.140. The van der Waals surface area contributed by atoms with Crippen molar-refractivity contribution in [3.63, 3.8) is 0 Å². The van der Waals surface area contributed by atoms with Crippen LogP contribution in [0.4, 0.5) is 21.0 Å². The fourth-order valence-electron chi connectivity index (χ4n) is 4.76. The lowest BCUT2D eigenvalue weighted by Crippen LogP contribution is -2.57. The number of ether oxygens (including phenoxy) is 1. The van der Waals surface area contributed by atoms with Crippen LogP contribution in [0.1, 0.15) is 35.2 Å². The van der Waals surface area contributed by atoms with Gasteiger partial charge >= 0.3 is 12.2 Å². The van der Waals surface area contributed by atoms with Crippen molar-refractivity contribution >= 4 is 56.8 Å². The molecule has 14 heteroatoms. The van der Waals surface area contributed by atoms with Crippen LogP contribution in [0.5, 0.6) is 0 Å². The first-order chi connectivity index (χ1) is 18.3. The van der Waals surface area contributed by atoms with Gasteiger partial charge in [0.15, 0.2) is 5.60 Å². The maximum atomic E-state index is 13.7. The number of carbonyl (C=O) groups excluding carboxylic acids is 3. The van der Waals surface area contributed by atoms with Crippen LogP contribution in [-0.4, -0.2) is 73.6 Å². The molecule has 2 aliphatic rings. The highest BCUT2D eigenvalue weighted by Crippen LogP contribution is 2.43. The van der Waals surface area contributed by atoms with E-state index in [1.165, 1.54) is 29.2 Å². The summed E-state index contributed by atoms with van der Waals surface area (Å²) in [5, 5.41) is 16.7. The molecule has 0 bridgehead atoms. The lowest BCUT2D eigenvalue weighted by molar-refractivity contribution is -0.141. The number of carbonyl (C=O) groups is 4. The molecule has 2 aromatic rings. The van der Waals surface area contributed by atoms with E-state index in [2.05, 4.69) is 16.0 Å². The Morgan fingerprint density at radius 2 is 1.92 bits per heavy atom. The molecule has 12 nitrogen and oxygen atoms in total. The van der Waals surface area contributed by atoms with Crippen LogP contribution >= 0.6 is 11.6 Å². The third-order valence-electron chi connectivity index (χ3n) is 6.54. The summed E-state index contributed by atoms with van der Waals surface area (Å²) >= 11 is 6.21. The highest BCUT2D eigenvalue weighted by Gasteiger charge is 2.47. The van der Waals surface area contributed by atoms with Crippen molar-refractivity contribution in [3.8, 4) is 0 Å². The van der Waals surface area contributed by atoms with Gasteiger partial charge in [-0.2, -0.15) is 0 Å². The van der Waals surface area contributed by atoms with Crippen LogP contribution in [0.15, 0.2) is 42.5 Å². The van der Waals surface area contributed by atoms with Gasteiger partial charge in [-0.05, 0) is 61.7 Å². The molecule has 1 saturated heterocycles. The van der Waals surface area contributed by atoms with Gasteiger partial charge in [-0.15, -0.1) is 0 Å². The Balaban J connectivity index is 1.57. The summed E-state index contributed by atoms with van der Waals surface area (Å²) in [5.41, 5.74) is 0.384. The Morgan fingerprint density at radius 1 is 1.21 bits per heavy atom. The van der Waals surface area contributed by atoms with Gasteiger partial charge in [0, 0.05) is 34.6 Å². The number of amides is 4. The van der Waals surface area contributed by atoms with Gasteiger partial charge in [0.1, 0.15) is 15.9 Å². The Kier molecular flexibility index (Phi) is 8.02. The Morgan fingerprint density at radius 3 is 2.59 bits per heavy atom. The molecule has 0 saturated carbocycles. The highest BCUT2D eigenvalue weighted by molar-refractivity contribution is 7.90. The predicted molar refractivity (Wildman–Crippen MR) is 143 cm³/mol. The van der Waals surface area contributed by atoms with Crippen LogP contribution in [0, 0.1) is 0 Å². The van der Waals surface area contributed by atoms with Crippen molar-refractivity contribution in [2.24, 2.45) is 0 Å². The second kappa shape index (κ2) is 11.1. The van der Waals surface area contributed by atoms with Crippen molar-refractivity contribution in [3.05, 3.63) is 58.6 Å². The van der Waals surface area contributed by atoms with Gasteiger partial charge in [-0.1, -0.05) is 11.6 Å². The van der Waals surface area contributed by atoms with E-state index in [-0.39, 0.29) is 30.0 Å². The topological polar surface area (TPSA) is 171 Å². The van der Waals surface area contributed by atoms with Crippen molar-refractivity contribution < 1.29 is 37.4 Å². The van der Waals surface area contributed by atoms with Crippen molar-refractivity contribution in [1.29, 1.82) is 0 Å². The first-order valence-corrected chi connectivity index (χ1v) is 14.5. The molecule has 39 heavy (non-hydrogen) atoms. The fourth-order valence-corrected chi connectivity index (χ4v) is 5.60. The lowest BCUT2D eigenvalue weighted by atomic mass is 9.83. The molecule has 0 aliphatic carbocycles. The predicted octanol–water partition coefficient (Wildman–Crippen LogP) is 3.04. The smallest absolute Gasteiger partial charge is 0.412 e. The SMILES string of the molecule is CS(=O)(=O)CC[C@H](NC(=O)c1ccc(NC(=O)O)cc1)C(=O)N1CCC[C@@]2(C1)OC(=O)Nc1ccc(Cl)cc12. The third-order valence-corrected chi connectivity index (χ3v) is 7.76. The van der Waals surface area contributed by atoms with Gasteiger partial charge in [0.05, 0.1) is 18.0 Å². The summed E-state index contributed by atoms with van der Waals surface area (Å²) < 4.78 is 29.5. The van der Waals surface area contributed by atoms with Crippen LogP contribution in [-0.2, 0) is 25.0 Å². The van der Waals surface area contributed by atoms with E-state index in [0.29, 0.717) is 35.7 Å². The number of anilines is 2. The summed E-state index contributed by atoms with van der Waals surface area (Å²) in [6, 6.07) is 9.32. The van der Waals surface area contributed by atoms with Crippen LogP contribution < -0.4 is 16.0 Å². The minimum atomic E-state index is -3.46. The van der Waals surface area contributed by atoms with E-state index in [0.717, 1.165) is 6.26 Å². The third kappa shape index (κ3) is 6.79. The molecular formula is C25H27ClN4O8S. The quantitative estimate of drug-likeness (QED) is 0.388. The molecule has 2 atom stereocenters. The van der Waals surface area contributed by atoms with E-state index in [9.17, 15) is 27.6 Å². The van der Waals surface area contributed by atoms with E-state index < -0.39 is 45.5 Å². The molecule has 4 rings (SSSR count). The number of halogens is 1. The van der Waals surface area contributed by atoms with Gasteiger partial charge < -0.3 is 20.1 Å². The molecule has 2 aromatic carbocycles. The molecule has 0 aromatic heterocycles.